The molecule has 122 valence electrons. The Bertz CT molecular complexity index is 454. The first-order chi connectivity index (χ1) is 10.8. The Hall–Kier alpha value is -1.55. The lowest BCUT2D eigenvalue weighted by Gasteiger charge is -2.16. The molecule has 0 atom stereocenters. The summed E-state index contributed by atoms with van der Waals surface area (Å²) in [6, 6.07) is 8.43. The van der Waals surface area contributed by atoms with E-state index in [2.05, 4.69) is 16.7 Å². The van der Waals surface area contributed by atoms with E-state index in [1.165, 1.54) is 31.2 Å². The summed E-state index contributed by atoms with van der Waals surface area (Å²) in [5.41, 5.74) is 1.22. The Labute approximate surface area is 133 Å². The van der Waals surface area contributed by atoms with Gasteiger partial charge in [-0.2, -0.15) is 0 Å². The van der Waals surface area contributed by atoms with Gasteiger partial charge in [0.05, 0.1) is 13.7 Å². The van der Waals surface area contributed by atoms with Crippen LogP contribution in [0.5, 0.6) is 5.75 Å². The third kappa shape index (κ3) is 6.06. The van der Waals surface area contributed by atoms with Gasteiger partial charge in [-0.3, -0.25) is 4.79 Å². The first-order valence-corrected chi connectivity index (χ1v) is 8.41. The molecule has 4 nitrogen and oxygen atoms in total. The van der Waals surface area contributed by atoms with Gasteiger partial charge >= 0.3 is 0 Å². The Morgan fingerprint density at radius 1 is 1.23 bits per heavy atom. The summed E-state index contributed by atoms with van der Waals surface area (Å²) < 4.78 is 5.21. The second-order valence-electron chi connectivity index (χ2n) is 6.03. The topological polar surface area (TPSA) is 50.4 Å². The van der Waals surface area contributed by atoms with Crippen molar-refractivity contribution >= 4 is 5.91 Å². The number of hydrogen-bond donors (Lipinski definition) is 2. The number of nitrogens with one attached hydrogen (secondary N) is 2. The van der Waals surface area contributed by atoms with E-state index in [4.69, 9.17) is 4.74 Å². The summed E-state index contributed by atoms with van der Waals surface area (Å²) in [4.78, 5) is 11.9. The van der Waals surface area contributed by atoms with Crippen molar-refractivity contribution in [3.8, 4) is 5.75 Å². The van der Waals surface area contributed by atoms with Crippen LogP contribution < -0.4 is 15.4 Å². The van der Waals surface area contributed by atoms with E-state index in [0.717, 1.165) is 31.6 Å². The van der Waals surface area contributed by atoms with Gasteiger partial charge in [0.25, 0.3) is 0 Å². The summed E-state index contributed by atoms with van der Waals surface area (Å²) >= 11 is 0. The van der Waals surface area contributed by atoms with E-state index in [1.54, 1.807) is 7.11 Å². The number of carbonyl (C=O) groups is 1. The molecule has 4 heteroatoms. The van der Waals surface area contributed by atoms with Gasteiger partial charge in [0.2, 0.25) is 5.91 Å². The minimum Gasteiger partial charge on any atom is -0.497 e. The average Bonchev–Trinajstić information content (AvgIpc) is 2.80. The van der Waals surface area contributed by atoms with Crippen molar-refractivity contribution in [2.75, 3.05) is 20.2 Å². The predicted octanol–water partition coefficient (Wildman–Crippen LogP) is 2.67. The van der Waals surface area contributed by atoms with Gasteiger partial charge in [-0.25, -0.2) is 0 Å². The van der Waals surface area contributed by atoms with E-state index in [9.17, 15) is 4.79 Å². The molecule has 1 aliphatic rings. The minimum absolute atomic E-state index is 0.123. The molecule has 2 N–H and O–H groups in total. The highest BCUT2D eigenvalue weighted by Crippen LogP contribution is 2.17. The summed E-state index contributed by atoms with van der Waals surface area (Å²) in [6.07, 6.45) is 8.28. The first kappa shape index (κ1) is 16.8. The highest BCUT2D eigenvalue weighted by molar-refractivity contribution is 5.78. The summed E-state index contributed by atoms with van der Waals surface area (Å²) in [5.74, 6) is 1.00. The Morgan fingerprint density at radius 2 is 2.00 bits per heavy atom. The molecule has 22 heavy (non-hydrogen) atoms. The van der Waals surface area contributed by atoms with Crippen LogP contribution in [0.1, 0.15) is 44.1 Å². The molecule has 1 aromatic rings. The number of amides is 1. The van der Waals surface area contributed by atoms with Gasteiger partial charge in [-0.15, -0.1) is 0 Å². The van der Waals surface area contributed by atoms with Crippen LogP contribution in [-0.4, -0.2) is 32.1 Å². The molecule has 0 unspecified atom stereocenters. The van der Waals surface area contributed by atoms with Gasteiger partial charge in [0.15, 0.2) is 0 Å². The largest absolute Gasteiger partial charge is 0.497 e. The van der Waals surface area contributed by atoms with E-state index >= 15 is 0 Å². The minimum atomic E-state index is 0.123. The lowest BCUT2D eigenvalue weighted by Crippen LogP contribution is -2.40. The zero-order valence-corrected chi connectivity index (χ0v) is 13.6. The van der Waals surface area contributed by atoms with Crippen LogP contribution >= 0.6 is 0 Å². The van der Waals surface area contributed by atoms with Crippen molar-refractivity contribution in [3.05, 3.63) is 29.8 Å². The molecule has 0 bridgehead atoms. The predicted molar refractivity (Wildman–Crippen MR) is 89.2 cm³/mol. The Morgan fingerprint density at radius 3 is 2.73 bits per heavy atom. The molecule has 0 aromatic heterocycles. The molecule has 0 aliphatic heterocycles. The normalized spacial score (nSPS) is 16.0. The number of benzene rings is 1. The maximum atomic E-state index is 11.9. The molecule has 1 aliphatic carbocycles. The van der Waals surface area contributed by atoms with Crippen molar-refractivity contribution in [1.82, 2.24) is 10.6 Å². The molecule has 1 fully saturated rings. The summed E-state index contributed by atoms with van der Waals surface area (Å²) in [7, 11) is 1.68. The van der Waals surface area contributed by atoms with Gasteiger partial charge in [-0.1, -0.05) is 37.8 Å². The highest BCUT2D eigenvalue weighted by Gasteiger charge is 2.14. The van der Waals surface area contributed by atoms with Crippen LogP contribution in [0.4, 0.5) is 0 Å². The quantitative estimate of drug-likeness (QED) is 0.601. The molecule has 0 saturated heterocycles. The lowest BCUT2D eigenvalue weighted by molar-refractivity contribution is -0.121. The second-order valence-corrected chi connectivity index (χ2v) is 6.03. The number of methoxy groups -OCH3 is 1. The molecule has 1 amide bonds. The molecule has 1 saturated carbocycles. The number of ether oxygens (including phenoxy) is 1. The van der Waals surface area contributed by atoms with Crippen LogP contribution in [0, 0.1) is 0 Å². The SMILES string of the molecule is COc1cccc(CCNCC(=O)NC2CCCCCC2)c1. The van der Waals surface area contributed by atoms with Crippen molar-refractivity contribution in [2.24, 2.45) is 0 Å². The zero-order chi connectivity index (χ0) is 15.6. The fraction of sp³-hybridized carbons (Fsp3) is 0.611. The fourth-order valence-electron chi connectivity index (χ4n) is 2.97. The van der Waals surface area contributed by atoms with Gasteiger partial charge in [0, 0.05) is 6.04 Å². The van der Waals surface area contributed by atoms with Crippen molar-refractivity contribution in [2.45, 2.75) is 51.0 Å². The first-order valence-electron chi connectivity index (χ1n) is 8.41. The van der Waals surface area contributed by atoms with Gasteiger partial charge in [-0.05, 0) is 43.5 Å². The third-order valence-corrected chi connectivity index (χ3v) is 4.23. The zero-order valence-electron chi connectivity index (χ0n) is 13.6. The molecule has 0 spiro atoms. The van der Waals surface area contributed by atoms with Crippen LogP contribution in [0.3, 0.4) is 0 Å². The van der Waals surface area contributed by atoms with Crippen LogP contribution in [-0.2, 0) is 11.2 Å². The highest BCUT2D eigenvalue weighted by atomic mass is 16.5. The van der Waals surface area contributed by atoms with Crippen molar-refractivity contribution < 1.29 is 9.53 Å². The maximum Gasteiger partial charge on any atom is 0.234 e. The van der Waals surface area contributed by atoms with Gasteiger partial charge in [0.1, 0.15) is 5.75 Å². The molecule has 1 aromatic carbocycles. The van der Waals surface area contributed by atoms with Crippen molar-refractivity contribution in [1.29, 1.82) is 0 Å². The van der Waals surface area contributed by atoms with Crippen LogP contribution in [0.2, 0.25) is 0 Å². The molecule has 2 rings (SSSR count). The number of carbonyl (C=O) groups excluding carboxylic acids is 1. The van der Waals surface area contributed by atoms with E-state index in [1.807, 2.05) is 18.2 Å². The third-order valence-electron chi connectivity index (χ3n) is 4.23. The van der Waals surface area contributed by atoms with Crippen LogP contribution in [0.25, 0.3) is 0 Å². The lowest BCUT2D eigenvalue weighted by atomic mass is 10.1. The molecule has 0 heterocycles. The standard InChI is InChI=1S/C18H28N2O2/c1-22-17-10-6-7-15(13-17)11-12-19-14-18(21)20-16-8-4-2-3-5-9-16/h6-7,10,13,16,19H,2-5,8-9,11-12,14H2,1H3,(H,20,21). The van der Waals surface area contributed by atoms with Gasteiger partial charge < -0.3 is 15.4 Å². The smallest absolute Gasteiger partial charge is 0.234 e. The monoisotopic (exact) mass is 304 g/mol. The number of hydrogen-bond acceptors (Lipinski definition) is 3. The summed E-state index contributed by atoms with van der Waals surface area (Å²) in [6.45, 7) is 1.20. The van der Waals surface area contributed by atoms with E-state index in [0.29, 0.717) is 12.6 Å². The average molecular weight is 304 g/mol. The maximum absolute atomic E-state index is 11.9. The molecule has 0 radical (unpaired) electrons. The number of rotatable bonds is 7. The van der Waals surface area contributed by atoms with Crippen LogP contribution in [0.15, 0.2) is 24.3 Å². The fourth-order valence-corrected chi connectivity index (χ4v) is 2.97. The second kappa shape index (κ2) is 9.46. The molecular formula is C18H28N2O2. The van der Waals surface area contributed by atoms with E-state index < -0.39 is 0 Å². The van der Waals surface area contributed by atoms with E-state index in [-0.39, 0.29) is 5.91 Å². The summed E-state index contributed by atoms with van der Waals surface area (Å²) in [5, 5.41) is 6.38. The Balaban J connectivity index is 1.62. The van der Waals surface area contributed by atoms with Crippen molar-refractivity contribution in [3.63, 3.8) is 0 Å². The Kier molecular flexibility index (Phi) is 7.23. The molecular weight excluding hydrogens is 276 g/mol.